The van der Waals surface area contributed by atoms with E-state index in [4.69, 9.17) is 23.8 Å². The molecule has 10 aromatic rings. The molecule has 0 radical (unpaired) electrons. The topological polar surface area (TPSA) is 81.1 Å². The molecule has 0 saturated carbocycles. The molecular weight excluding hydrogens is 639 g/mol. The number of fused-ring (bicyclic) bond motifs is 5. The van der Waals surface area contributed by atoms with E-state index in [2.05, 4.69) is 82.7 Å². The van der Waals surface area contributed by atoms with Gasteiger partial charge in [0.2, 0.25) is 11.8 Å². The number of aromatic nitrogens is 4. The second-order valence-corrected chi connectivity index (χ2v) is 13.0. The molecule has 0 amide bonds. The summed E-state index contributed by atoms with van der Waals surface area (Å²) in [6.07, 6.45) is 1.66. The van der Waals surface area contributed by atoms with Gasteiger partial charge in [-0.25, -0.2) is 19.9 Å². The highest BCUT2D eigenvalue weighted by atomic mass is 32.1. The molecule has 0 saturated heterocycles. The van der Waals surface area contributed by atoms with Crippen LogP contribution in [0.25, 0.3) is 76.7 Å². The molecule has 0 fully saturated rings. The van der Waals surface area contributed by atoms with Crippen LogP contribution in [0.5, 0.6) is 0 Å². The lowest BCUT2D eigenvalue weighted by Gasteiger charge is -2.26. The van der Waals surface area contributed by atoms with Gasteiger partial charge in [0.05, 0.1) is 15.9 Å². The number of benzene rings is 6. The first-order valence-corrected chi connectivity index (χ1v) is 17.0. The molecule has 4 heterocycles. The molecule has 236 valence electrons. The van der Waals surface area contributed by atoms with Crippen molar-refractivity contribution in [2.24, 2.45) is 0 Å². The summed E-state index contributed by atoms with van der Waals surface area (Å²) in [5.41, 5.74) is 10.9. The van der Waals surface area contributed by atoms with E-state index < -0.39 is 0 Å². The molecule has 0 aliphatic rings. The van der Waals surface area contributed by atoms with Crippen molar-refractivity contribution in [3.63, 3.8) is 0 Å². The number of thiophene rings is 1. The summed E-state index contributed by atoms with van der Waals surface area (Å²) >= 11 is 1.73. The number of oxazole rings is 2. The average molecular weight is 664 g/mol. The number of anilines is 3. The minimum absolute atomic E-state index is 0.591. The number of nitrogens with zero attached hydrogens (tertiary/aromatic N) is 5. The standard InChI is InChI=1S/C42H25N5O2S/c1-6-12-37-32(7-1)39-40(50-37)38(43-25-44-39)26-13-19-29(20-14-26)47(30-21-15-27(16-22-30)41-45-33-8-2-4-10-35(33)48-41)31-23-17-28(18-24-31)42-46-34-9-3-5-11-36(34)49-42/h1-25H. The van der Waals surface area contributed by atoms with Gasteiger partial charge in [-0.1, -0.05) is 54.6 Å². The second-order valence-electron chi connectivity index (χ2n) is 11.9. The molecule has 0 aliphatic carbocycles. The first-order chi connectivity index (χ1) is 24.7. The fraction of sp³-hybridized carbons (Fsp3) is 0. The van der Waals surface area contributed by atoms with Crippen LogP contribution in [0, 0.1) is 0 Å². The molecule has 4 aromatic heterocycles. The van der Waals surface area contributed by atoms with Crippen molar-refractivity contribution in [1.82, 2.24) is 19.9 Å². The van der Waals surface area contributed by atoms with E-state index in [0.717, 1.165) is 77.2 Å². The van der Waals surface area contributed by atoms with Crippen molar-refractivity contribution in [2.75, 3.05) is 4.90 Å². The van der Waals surface area contributed by atoms with Crippen LogP contribution in [0.4, 0.5) is 17.1 Å². The molecule has 0 aliphatic heterocycles. The average Bonchev–Trinajstić information content (AvgIpc) is 3.91. The number of para-hydroxylation sites is 4. The third-order valence-corrected chi connectivity index (χ3v) is 10.1. The molecule has 0 unspecified atom stereocenters. The van der Waals surface area contributed by atoms with Gasteiger partial charge in [-0.3, -0.25) is 0 Å². The van der Waals surface area contributed by atoms with E-state index >= 15 is 0 Å². The Balaban J connectivity index is 1.04. The Hall–Kier alpha value is -6.64. The van der Waals surface area contributed by atoms with Gasteiger partial charge >= 0.3 is 0 Å². The van der Waals surface area contributed by atoms with E-state index in [9.17, 15) is 0 Å². The Kier molecular flexibility index (Phi) is 6.53. The van der Waals surface area contributed by atoms with Crippen LogP contribution in [0.1, 0.15) is 0 Å². The van der Waals surface area contributed by atoms with E-state index in [-0.39, 0.29) is 0 Å². The molecule has 0 spiro atoms. The minimum Gasteiger partial charge on any atom is -0.436 e. The van der Waals surface area contributed by atoms with Gasteiger partial charge in [0.1, 0.15) is 17.4 Å². The Morgan fingerprint density at radius 3 is 1.54 bits per heavy atom. The summed E-state index contributed by atoms with van der Waals surface area (Å²) in [7, 11) is 0. The second kappa shape index (κ2) is 11.5. The Morgan fingerprint density at radius 2 is 0.980 bits per heavy atom. The Morgan fingerprint density at radius 1 is 0.480 bits per heavy atom. The predicted molar refractivity (Wildman–Crippen MR) is 201 cm³/mol. The molecule has 7 nitrogen and oxygen atoms in total. The van der Waals surface area contributed by atoms with Crippen LogP contribution in [-0.2, 0) is 0 Å². The fourth-order valence-electron chi connectivity index (χ4n) is 6.44. The lowest BCUT2D eigenvalue weighted by molar-refractivity contribution is 0.619. The summed E-state index contributed by atoms with van der Waals surface area (Å²) in [6, 6.07) is 49.1. The van der Waals surface area contributed by atoms with Crippen LogP contribution in [0.3, 0.4) is 0 Å². The monoisotopic (exact) mass is 663 g/mol. The molecule has 6 aromatic carbocycles. The van der Waals surface area contributed by atoms with Gasteiger partial charge in [-0.15, -0.1) is 11.3 Å². The van der Waals surface area contributed by atoms with Crippen molar-refractivity contribution in [3.05, 3.63) is 152 Å². The van der Waals surface area contributed by atoms with E-state index in [1.165, 1.54) is 4.70 Å². The van der Waals surface area contributed by atoms with Crippen LogP contribution in [-0.4, -0.2) is 19.9 Å². The third kappa shape index (κ3) is 4.81. The highest BCUT2D eigenvalue weighted by Crippen LogP contribution is 2.40. The van der Waals surface area contributed by atoms with Gasteiger partial charge in [-0.05, 0) is 91.0 Å². The smallest absolute Gasteiger partial charge is 0.227 e. The maximum absolute atomic E-state index is 6.06. The molecule has 0 atom stereocenters. The van der Waals surface area contributed by atoms with Crippen LogP contribution in [0.2, 0.25) is 0 Å². The summed E-state index contributed by atoms with van der Waals surface area (Å²) in [6.45, 7) is 0. The molecular formula is C42H25N5O2S. The van der Waals surface area contributed by atoms with Crippen LogP contribution in [0.15, 0.2) is 161 Å². The third-order valence-electron chi connectivity index (χ3n) is 8.89. The molecule has 50 heavy (non-hydrogen) atoms. The summed E-state index contributed by atoms with van der Waals surface area (Å²) in [5.74, 6) is 1.18. The highest BCUT2D eigenvalue weighted by Gasteiger charge is 2.17. The first kappa shape index (κ1) is 28.4. The molecule has 0 N–H and O–H groups in total. The van der Waals surface area contributed by atoms with Crippen molar-refractivity contribution >= 4 is 70.9 Å². The summed E-state index contributed by atoms with van der Waals surface area (Å²) in [4.78, 5) is 21.0. The largest absolute Gasteiger partial charge is 0.436 e. The molecule has 8 heteroatoms. The van der Waals surface area contributed by atoms with Gasteiger partial charge in [0.25, 0.3) is 0 Å². The van der Waals surface area contributed by atoms with Gasteiger partial charge in [0, 0.05) is 43.8 Å². The molecule has 10 rings (SSSR count). The normalized spacial score (nSPS) is 11.6. The van der Waals surface area contributed by atoms with Crippen LogP contribution >= 0.6 is 11.3 Å². The number of rotatable bonds is 6. The Bertz CT molecular complexity index is 2640. The maximum atomic E-state index is 6.06. The zero-order valence-electron chi connectivity index (χ0n) is 26.4. The predicted octanol–water partition coefficient (Wildman–Crippen LogP) is 11.6. The van der Waals surface area contributed by atoms with Crippen molar-refractivity contribution < 1.29 is 8.83 Å². The zero-order chi connectivity index (χ0) is 33.0. The van der Waals surface area contributed by atoms with Gasteiger partial charge < -0.3 is 13.7 Å². The zero-order valence-corrected chi connectivity index (χ0v) is 27.2. The SMILES string of the molecule is c1ccc2oc(-c3ccc(N(c4ccc(-c5nc6ccccc6o5)cc4)c4ccc(-c5ncnc6c5sc5ccccc56)cc4)cc3)nc2c1. The molecule has 0 bridgehead atoms. The van der Waals surface area contributed by atoms with E-state index in [0.29, 0.717) is 11.8 Å². The first-order valence-electron chi connectivity index (χ1n) is 16.2. The number of hydrogen-bond donors (Lipinski definition) is 0. The van der Waals surface area contributed by atoms with Crippen molar-refractivity contribution in [3.8, 4) is 34.2 Å². The fourth-order valence-corrected chi connectivity index (χ4v) is 7.61. The summed E-state index contributed by atoms with van der Waals surface area (Å²) in [5, 5.41) is 1.15. The van der Waals surface area contributed by atoms with Crippen LogP contribution < -0.4 is 4.90 Å². The number of hydrogen-bond acceptors (Lipinski definition) is 8. The van der Waals surface area contributed by atoms with Crippen molar-refractivity contribution in [1.29, 1.82) is 0 Å². The van der Waals surface area contributed by atoms with Gasteiger partial charge in [0.15, 0.2) is 11.2 Å². The van der Waals surface area contributed by atoms with Crippen molar-refractivity contribution in [2.45, 2.75) is 0 Å². The Labute approximate surface area is 289 Å². The highest BCUT2D eigenvalue weighted by molar-refractivity contribution is 7.26. The van der Waals surface area contributed by atoms with E-state index in [1.807, 2.05) is 72.8 Å². The lowest BCUT2D eigenvalue weighted by atomic mass is 10.1. The van der Waals surface area contributed by atoms with Gasteiger partial charge in [-0.2, -0.15) is 0 Å². The lowest BCUT2D eigenvalue weighted by Crippen LogP contribution is -2.09. The quantitative estimate of drug-likeness (QED) is 0.175. The minimum atomic E-state index is 0.591. The maximum Gasteiger partial charge on any atom is 0.227 e. The summed E-state index contributed by atoms with van der Waals surface area (Å²) < 4.78 is 14.4. The van der Waals surface area contributed by atoms with E-state index in [1.54, 1.807) is 17.7 Å².